The maximum atomic E-state index is 12.1. The van der Waals surface area contributed by atoms with Gasteiger partial charge in [-0.2, -0.15) is 5.10 Å². The van der Waals surface area contributed by atoms with Gasteiger partial charge in [-0.15, -0.1) is 0 Å². The zero-order valence-corrected chi connectivity index (χ0v) is 13.6. The Morgan fingerprint density at radius 3 is 2.39 bits per heavy atom. The lowest BCUT2D eigenvalue weighted by atomic mass is 10.0. The fourth-order valence-electron chi connectivity index (χ4n) is 2.24. The van der Waals surface area contributed by atoms with Gasteiger partial charge >= 0.3 is 5.97 Å². The van der Waals surface area contributed by atoms with E-state index in [9.17, 15) is 9.59 Å². The molecule has 122 valence electrons. The van der Waals surface area contributed by atoms with Crippen molar-refractivity contribution in [2.24, 2.45) is 5.92 Å². The molecular weight excluding hydrogens is 296 g/mol. The van der Waals surface area contributed by atoms with Crippen molar-refractivity contribution in [1.29, 1.82) is 0 Å². The summed E-state index contributed by atoms with van der Waals surface area (Å²) in [5.74, 6) is -1.12. The number of nitrogens with zero attached hydrogens (tertiary/aromatic N) is 3. The van der Waals surface area contributed by atoms with Crippen LogP contribution < -0.4 is 5.32 Å². The molecule has 2 heterocycles. The van der Waals surface area contributed by atoms with Crippen molar-refractivity contribution in [3.63, 3.8) is 0 Å². The van der Waals surface area contributed by atoms with Gasteiger partial charge in [0.25, 0.3) is 5.91 Å². The largest absolute Gasteiger partial charge is 0.480 e. The third-order valence-corrected chi connectivity index (χ3v) is 3.46. The Bertz CT molecular complexity index is 719. The van der Waals surface area contributed by atoms with E-state index >= 15 is 0 Å². The summed E-state index contributed by atoms with van der Waals surface area (Å²) in [5.41, 5.74) is 2.13. The van der Waals surface area contributed by atoms with Gasteiger partial charge in [0.1, 0.15) is 6.04 Å². The molecule has 7 nitrogen and oxygen atoms in total. The van der Waals surface area contributed by atoms with Gasteiger partial charge in [0, 0.05) is 11.9 Å². The van der Waals surface area contributed by atoms with Crippen LogP contribution >= 0.6 is 0 Å². The molecular formula is C16H20N4O3. The number of aromatic nitrogens is 3. The average Bonchev–Trinajstić information content (AvgIpc) is 2.82. The van der Waals surface area contributed by atoms with Gasteiger partial charge in [-0.05, 0) is 38.0 Å². The van der Waals surface area contributed by atoms with Crippen molar-refractivity contribution in [3.05, 3.63) is 41.3 Å². The third kappa shape index (κ3) is 3.74. The Hall–Kier alpha value is -2.70. The van der Waals surface area contributed by atoms with Crippen LogP contribution in [0.1, 0.15) is 35.6 Å². The van der Waals surface area contributed by atoms with Crippen LogP contribution in [0.4, 0.5) is 0 Å². The average molecular weight is 316 g/mol. The first-order valence-corrected chi connectivity index (χ1v) is 7.33. The summed E-state index contributed by atoms with van der Waals surface area (Å²) in [6.45, 7) is 7.29. The van der Waals surface area contributed by atoms with Gasteiger partial charge in [-0.1, -0.05) is 13.8 Å². The van der Waals surface area contributed by atoms with E-state index in [1.807, 2.05) is 19.9 Å². The van der Waals surface area contributed by atoms with E-state index in [4.69, 9.17) is 5.11 Å². The Kier molecular flexibility index (Phi) is 4.78. The van der Waals surface area contributed by atoms with Gasteiger partial charge < -0.3 is 10.4 Å². The molecule has 0 aromatic carbocycles. The van der Waals surface area contributed by atoms with Crippen molar-refractivity contribution in [1.82, 2.24) is 20.1 Å². The van der Waals surface area contributed by atoms with E-state index in [-0.39, 0.29) is 5.92 Å². The minimum Gasteiger partial charge on any atom is -0.480 e. The van der Waals surface area contributed by atoms with E-state index in [1.165, 1.54) is 6.20 Å². The smallest absolute Gasteiger partial charge is 0.326 e. The number of carbonyl (C=O) groups is 2. The predicted octanol–water partition coefficient (Wildman–Crippen LogP) is 1.72. The Labute approximate surface area is 134 Å². The van der Waals surface area contributed by atoms with Crippen LogP contribution in [-0.2, 0) is 4.79 Å². The monoisotopic (exact) mass is 316 g/mol. The SMILES string of the molecule is Cc1cc(C)n(-c2ccc(C(=O)NC(C(=O)O)C(C)C)cn2)n1. The molecule has 2 rings (SSSR count). The summed E-state index contributed by atoms with van der Waals surface area (Å²) in [6, 6.07) is 4.29. The molecule has 0 fully saturated rings. The maximum Gasteiger partial charge on any atom is 0.326 e. The summed E-state index contributed by atoms with van der Waals surface area (Å²) in [4.78, 5) is 27.5. The Morgan fingerprint density at radius 2 is 1.96 bits per heavy atom. The zero-order valence-electron chi connectivity index (χ0n) is 13.6. The lowest BCUT2D eigenvalue weighted by Crippen LogP contribution is -2.44. The van der Waals surface area contributed by atoms with E-state index < -0.39 is 17.9 Å². The zero-order chi connectivity index (χ0) is 17.1. The predicted molar refractivity (Wildman–Crippen MR) is 84.6 cm³/mol. The van der Waals surface area contributed by atoms with Crippen LogP contribution in [0.2, 0.25) is 0 Å². The van der Waals surface area contributed by atoms with Gasteiger partial charge in [-0.25, -0.2) is 14.5 Å². The normalized spacial score (nSPS) is 12.2. The number of hydrogen-bond acceptors (Lipinski definition) is 4. The molecule has 7 heteroatoms. The minimum atomic E-state index is -1.06. The van der Waals surface area contributed by atoms with Gasteiger partial charge in [0.05, 0.1) is 11.3 Å². The molecule has 0 radical (unpaired) electrons. The highest BCUT2D eigenvalue weighted by Crippen LogP contribution is 2.11. The number of rotatable bonds is 5. The summed E-state index contributed by atoms with van der Waals surface area (Å²) < 4.78 is 1.69. The van der Waals surface area contributed by atoms with Gasteiger partial charge in [0.15, 0.2) is 5.82 Å². The molecule has 0 bridgehead atoms. The van der Waals surface area contributed by atoms with Crippen LogP contribution in [-0.4, -0.2) is 37.8 Å². The van der Waals surface area contributed by atoms with Crippen LogP contribution in [0, 0.1) is 19.8 Å². The number of carboxylic acids is 1. The quantitative estimate of drug-likeness (QED) is 0.875. The molecule has 23 heavy (non-hydrogen) atoms. The highest BCUT2D eigenvalue weighted by atomic mass is 16.4. The first-order valence-electron chi connectivity index (χ1n) is 7.33. The maximum absolute atomic E-state index is 12.1. The van der Waals surface area contributed by atoms with Gasteiger partial charge in [0.2, 0.25) is 0 Å². The fourth-order valence-corrected chi connectivity index (χ4v) is 2.24. The second-order valence-corrected chi connectivity index (χ2v) is 5.78. The lowest BCUT2D eigenvalue weighted by molar-refractivity contribution is -0.140. The number of nitrogens with one attached hydrogen (secondary N) is 1. The molecule has 0 aliphatic carbocycles. The highest BCUT2D eigenvalue weighted by molar-refractivity contribution is 5.96. The highest BCUT2D eigenvalue weighted by Gasteiger charge is 2.24. The number of aryl methyl sites for hydroxylation is 2. The number of pyridine rings is 1. The summed E-state index contributed by atoms with van der Waals surface area (Å²) >= 11 is 0. The summed E-state index contributed by atoms with van der Waals surface area (Å²) in [6.07, 6.45) is 1.42. The number of carbonyl (C=O) groups excluding carboxylic acids is 1. The van der Waals surface area contributed by atoms with E-state index in [0.29, 0.717) is 11.4 Å². The first-order chi connectivity index (χ1) is 10.8. The van der Waals surface area contributed by atoms with Gasteiger partial charge in [-0.3, -0.25) is 4.79 Å². The van der Waals surface area contributed by atoms with E-state index in [2.05, 4.69) is 15.4 Å². The van der Waals surface area contributed by atoms with Crippen LogP contribution in [0.3, 0.4) is 0 Å². The first kappa shape index (κ1) is 16.7. The molecule has 0 saturated carbocycles. The topological polar surface area (TPSA) is 97.1 Å². The Balaban J connectivity index is 2.17. The molecule has 2 N–H and O–H groups in total. The third-order valence-electron chi connectivity index (χ3n) is 3.46. The molecule has 2 aromatic rings. The molecule has 0 aliphatic rings. The number of amides is 1. The molecule has 0 aliphatic heterocycles. The van der Waals surface area contributed by atoms with Crippen LogP contribution in [0.5, 0.6) is 0 Å². The standard InChI is InChI=1S/C16H20N4O3/c1-9(2)14(16(22)23)18-15(21)12-5-6-13(17-8-12)20-11(4)7-10(3)19-20/h5-9,14H,1-4H3,(H,18,21)(H,22,23). The lowest BCUT2D eigenvalue weighted by Gasteiger charge is -2.17. The second-order valence-electron chi connectivity index (χ2n) is 5.78. The van der Waals surface area contributed by atoms with Crippen molar-refractivity contribution < 1.29 is 14.7 Å². The van der Waals surface area contributed by atoms with E-state index in [1.54, 1.807) is 30.7 Å². The van der Waals surface area contributed by atoms with E-state index in [0.717, 1.165) is 11.4 Å². The van der Waals surface area contributed by atoms with Crippen molar-refractivity contribution in [2.45, 2.75) is 33.7 Å². The number of carboxylic acid groups (broad SMARTS) is 1. The molecule has 0 saturated heterocycles. The summed E-state index contributed by atoms with van der Waals surface area (Å²) in [7, 11) is 0. The molecule has 1 atom stereocenters. The summed E-state index contributed by atoms with van der Waals surface area (Å²) in [5, 5.41) is 16.0. The number of hydrogen-bond donors (Lipinski definition) is 2. The van der Waals surface area contributed by atoms with Crippen LogP contribution in [0.15, 0.2) is 24.4 Å². The molecule has 1 amide bonds. The number of aliphatic carboxylic acids is 1. The minimum absolute atomic E-state index is 0.210. The Morgan fingerprint density at radius 1 is 1.26 bits per heavy atom. The molecule has 2 aromatic heterocycles. The fraction of sp³-hybridized carbons (Fsp3) is 0.375. The molecule has 1 unspecified atom stereocenters. The van der Waals surface area contributed by atoms with Crippen molar-refractivity contribution in [2.75, 3.05) is 0 Å². The van der Waals surface area contributed by atoms with Crippen LogP contribution in [0.25, 0.3) is 5.82 Å². The molecule has 0 spiro atoms. The second kappa shape index (κ2) is 6.60. The van der Waals surface area contributed by atoms with Crippen molar-refractivity contribution >= 4 is 11.9 Å². The van der Waals surface area contributed by atoms with Crippen molar-refractivity contribution in [3.8, 4) is 5.82 Å².